The molecule has 1 N–H and O–H groups in total. The number of nitrogens with one attached hydrogen (secondary N) is 1. The van der Waals surface area contributed by atoms with Crippen LogP contribution in [0, 0.1) is 5.92 Å². The lowest BCUT2D eigenvalue weighted by molar-refractivity contribution is -0.140. The van der Waals surface area contributed by atoms with Crippen molar-refractivity contribution in [2.75, 3.05) is 24.5 Å². The molecule has 0 spiro atoms. The van der Waals surface area contributed by atoms with Gasteiger partial charge in [-0.2, -0.15) is 0 Å². The smallest absolute Gasteiger partial charge is 0.264 e. The van der Waals surface area contributed by atoms with Crippen molar-refractivity contribution in [3.8, 4) is 5.75 Å². The number of benzene rings is 3. The van der Waals surface area contributed by atoms with Crippen molar-refractivity contribution in [2.24, 2.45) is 5.92 Å². The summed E-state index contributed by atoms with van der Waals surface area (Å²) in [6.45, 7) is 5.64. The van der Waals surface area contributed by atoms with Gasteiger partial charge in [0.05, 0.1) is 22.7 Å². The molecule has 0 aliphatic rings. The van der Waals surface area contributed by atoms with Gasteiger partial charge in [0.25, 0.3) is 10.0 Å². The summed E-state index contributed by atoms with van der Waals surface area (Å²) >= 11 is 12.6. The first-order chi connectivity index (χ1) is 19.5. The number of hydrogen-bond donors (Lipinski definition) is 1. The van der Waals surface area contributed by atoms with Crippen LogP contribution in [0.15, 0.2) is 77.7 Å². The summed E-state index contributed by atoms with van der Waals surface area (Å²) in [5.41, 5.74) is 0.807. The summed E-state index contributed by atoms with van der Waals surface area (Å²) < 4.78 is 34.1. The van der Waals surface area contributed by atoms with Crippen LogP contribution < -0.4 is 14.4 Å². The van der Waals surface area contributed by atoms with Crippen LogP contribution in [-0.2, 0) is 26.2 Å². The number of methoxy groups -OCH3 is 1. The van der Waals surface area contributed by atoms with E-state index in [9.17, 15) is 18.0 Å². The minimum Gasteiger partial charge on any atom is -0.497 e. The lowest BCUT2D eigenvalue weighted by atomic mass is 10.1. The first-order valence-electron chi connectivity index (χ1n) is 13.2. The largest absolute Gasteiger partial charge is 0.497 e. The monoisotopic (exact) mass is 619 g/mol. The molecule has 0 heterocycles. The molecule has 0 aromatic heterocycles. The Morgan fingerprint density at radius 1 is 0.976 bits per heavy atom. The summed E-state index contributed by atoms with van der Waals surface area (Å²) in [5, 5.41) is 3.28. The van der Waals surface area contributed by atoms with Crippen LogP contribution in [-0.4, -0.2) is 51.4 Å². The van der Waals surface area contributed by atoms with E-state index in [-0.39, 0.29) is 34.0 Å². The zero-order valence-corrected chi connectivity index (χ0v) is 25.8. The molecule has 8 nitrogen and oxygen atoms in total. The fraction of sp³-hybridized carbons (Fsp3) is 0.333. The van der Waals surface area contributed by atoms with Gasteiger partial charge in [-0.1, -0.05) is 74.3 Å². The topological polar surface area (TPSA) is 96.0 Å². The van der Waals surface area contributed by atoms with Gasteiger partial charge >= 0.3 is 0 Å². The molecule has 0 bridgehead atoms. The zero-order chi connectivity index (χ0) is 30.2. The molecule has 2 amide bonds. The highest BCUT2D eigenvalue weighted by atomic mass is 35.5. The van der Waals surface area contributed by atoms with Gasteiger partial charge in [-0.3, -0.25) is 13.9 Å². The van der Waals surface area contributed by atoms with Crippen LogP contribution in [0.4, 0.5) is 5.69 Å². The van der Waals surface area contributed by atoms with Crippen molar-refractivity contribution < 1.29 is 22.7 Å². The normalized spacial score (nSPS) is 12.1. The quantitative estimate of drug-likeness (QED) is 0.262. The van der Waals surface area contributed by atoms with E-state index in [0.717, 1.165) is 9.87 Å². The van der Waals surface area contributed by atoms with Crippen molar-refractivity contribution in [2.45, 2.75) is 44.7 Å². The second-order valence-corrected chi connectivity index (χ2v) is 12.6. The molecule has 0 saturated carbocycles. The van der Waals surface area contributed by atoms with Crippen molar-refractivity contribution in [1.29, 1.82) is 0 Å². The third kappa shape index (κ3) is 8.38. The molecule has 0 unspecified atom stereocenters. The number of hydrogen-bond acceptors (Lipinski definition) is 5. The molecule has 41 heavy (non-hydrogen) atoms. The molecular formula is C30H35Cl2N3O5S. The Labute approximate surface area is 252 Å². The number of carbonyl (C=O) groups excluding carboxylic acids is 2. The van der Waals surface area contributed by atoms with Crippen LogP contribution in [0.1, 0.15) is 32.8 Å². The van der Waals surface area contributed by atoms with Crippen LogP contribution in [0.2, 0.25) is 10.0 Å². The Morgan fingerprint density at radius 3 is 2.29 bits per heavy atom. The average molecular weight is 621 g/mol. The predicted octanol–water partition coefficient (Wildman–Crippen LogP) is 5.78. The number of amides is 2. The van der Waals surface area contributed by atoms with Gasteiger partial charge in [-0.05, 0) is 60.4 Å². The molecule has 0 aliphatic heterocycles. The maximum Gasteiger partial charge on any atom is 0.264 e. The van der Waals surface area contributed by atoms with Crippen LogP contribution in [0.25, 0.3) is 0 Å². The van der Waals surface area contributed by atoms with Gasteiger partial charge in [0.1, 0.15) is 18.3 Å². The van der Waals surface area contributed by atoms with E-state index < -0.39 is 28.5 Å². The fourth-order valence-electron chi connectivity index (χ4n) is 4.23. The summed E-state index contributed by atoms with van der Waals surface area (Å²) in [6, 6.07) is 18.4. The molecule has 1 atom stereocenters. The van der Waals surface area contributed by atoms with Gasteiger partial charge < -0.3 is 15.0 Å². The third-order valence-electron chi connectivity index (χ3n) is 6.35. The van der Waals surface area contributed by atoms with Crippen LogP contribution in [0.5, 0.6) is 5.75 Å². The van der Waals surface area contributed by atoms with E-state index in [1.807, 2.05) is 19.9 Å². The third-order valence-corrected chi connectivity index (χ3v) is 8.66. The van der Waals surface area contributed by atoms with Gasteiger partial charge in [0.15, 0.2) is 0 Å². The first kappa shape index (κ1) is 32.2. The van der Waals surface area contributed by atoms with E-state index in [1.54, 1.807) is 50.4 Å². The van der Waals surface area contributed by atoms with Crippen molar-refractivity contribution in [3.63, 3.8) is 0 Å². The SMILES string of the molecule is CC[C@@H](C(=O)NCC(C)C)N(Cc1cccc(OC)c1)C(=O)CN(c1ccc(Cl)cc1Cl)S(=O)(=O)c1ccccc1. The molecule has 3 aromatic rings. The minimum atomic E-state index is -4.24. The number of halogens is 2. The maximum atomic E-state index is 14.1. The summed E-state index contributed by atoms with van der Waals surface area (Å²) in [5.74, 6) is -0.102. The predicted molar refractivity (Wildman–Crippen MR) is 163 cm³/mol. The highest BCUT2D eigenvalue weighted by molar-refractivity contribution is 7.92. The number of rotatable bonds is 13. The number of anilines is 1. The van der Waals surface area contributed by atoms with Gasteiger partial charge in [0, 0.05) is 18.1 Å². The highest BCUT2D eigenvalue weighted by Gasteiger charge is 2.34. The standard InChI is InChI=1S/C30H35Cl2N3O5S/c1-5-27(30(37)33-18-21(2)3)34(19-22-10-9-11-24(16-22)40-4)29(36)20-35(28-15-14-23(31)17-26(28)32)41(38,39)25-12-7-6-8-13-25/h6-17,21,27H,5,18-20H2,1-4H3,(H,33,37)/t27-/m0/s1. The Kier molecular flexibility index (Phi) is 11.5. The van der Waals surface area contributed by atoms with E-state index in [1.165, 1.54) is 35.2 Å². The van der Waals surface area contributed by atoms with E-state index >= 15 is 0 Å². The molecule has 3 rings (SSSR count). The van der Waals surface area contributed by atoms with Crippen LogP contribution >= 0.6 is 23.2 Å². The summed E-state index contributed by atoms with van der Waals surface area (Å²) in [4.78, 5) is 28.8. The van der Waals surface area contributed by atoms with Crippen LogP contribution in [0.3, 0.4) is 0 Å². The molecular weight excluding hydrogens is 585 g/mol. The Bertz CT molecular complexity index is 1450. The number of ether oxygens (including phenoxy) is 1. The number of carbonyl (C=O) groups is 2. The molecule has 11 heteroatoms. The van der Waals surface area contributed by atoms with Gasteiger partial charge in [-0.15, -0.1) is 0 Å². The van der Waals surface area contributed by atoms with E-state index in [0.29, 0.717) is 23.7 Å². The lowest BCUT2D eigenvalue weighted by Crippen LogP contribution is -2.52. The zero-order valence-electron chi connectivity index (χ0n) is 23.5. The molecule has 0 aliphatic carbocycles. The molecule has 0 radical (unpaired) electrons. The highest BCUT2D eigenvalue weighted by Crippen LogP contribution is 2.33. The molecule has 0 fully saturated rings. The maximum absolute atomic E-state index is 14.1. The average Bonchev–Trinajstić information content (AvgIpc) is 2.95. The Morgan fingerprint density at radius 2 is 1.68 bits per heavy atom. The van der Waals surface area contributed by atoms with E-state index in [4.69, 9.17) is 27.9 Å². The molecule has 0 saturated heterocycles. The second kappa shape index (κ2) is 14.6. The first-order valence-corrected chi connectivity index (χ1v) is 15.4. The number of sulfonamides is 1. The molecule has 3 aromatic carbocycles. The van der Waals surface area contributed by atoms with Crippen molar-refractivity contribution in [3.05, 3.63) is 88.4 Å². The fourth-order valence-corrected chi connectivity index (χ4v) is 6.24. The minimum absolute atomic E-state index is 0.0140. The van der Waals surface area contributed by atoms with E-state index in [2.05, 4.69) is 5.32 Å². The summed E-state index contributed by atoms with van der Waals surface area (Å²) in [6.07, 6.45) is 0.312. The Hall–Kier alpha value is -3.27. The van der Waals surface area contributed by atoms with Gasteiger partial charge in [0.2, 0.25) is 11.8 Å². The molecule has 220 valence electrons. The Balaban J connectivity index is 2.08. The summed E-state index contributed by atoms with van der Waals surface area (Å²) in [7, 11) is -2.70. The van der Waals surface area contributed by atoms with Gasteiger partial charge in [-0.25, -0.2) is 8.42 Å². The van der Waals surface area contributed by atoms with Crippen molar-refractivity contribution >= 4 is 50.7 Å². The number of nitrogens with zero attached hydrogens (tertiary/aromatic N) is 2. The second-order valence-electron chi connectivity index (χ2n) is 9.86. The van der Waals surface area contributed by atoms with Crippen molar-refractivity contribution in [1.82, 2.24) is 10.2 Å². The lowest BCUT2D eigenvalue weighted by Gasteiger charge is -2.33.